The van der Waals surface area contributed by atoms with Gasteiger partial charge in [0.05, 0.1) is 38.4 Å². The molecule has 37 heavy (non-hydrogen) atoms. The lowest BCUT2D eigenvalue weighted by atomic mass is 10.0. The second kappa shape index (κ2) is 10.1. The third kappa shape index (κ3) is 4.66. The summed E-state index contributed by atoms with van der Waals surface area (Å²) >= 11 is 0. The van der Waals surface area contributed by atoms with Crippen LogP contribution in [0.15, 0.2) is 71.8 Å². The third-order valence-electron chi connectivity index (χ3n) is 6.75. The van der Waals surface area contributed by atoms with E-state index in [1.54, 1.807) is 57.7 Å². The number of ether oxygens (including phenoxy) is 4. The number of para-hydroxylation sites is 1. The molecule has 0 aliphatic carbocycles. The van der Waals surface area contributed by atoms with E-state index in [0.717, 1.165) is 27.6 Å². The van der Waals surface area contributed by atoms with Crippen molar-refractivity contribution in [3.63, 3.8) is 0 Å². The van der Waals surface area contributed by atoms with E-state index in [1.165, 1.54) is 4.31 Å². The summed E-state index contributed by atoms with van der Waals surface area (Å²) in [7, 11) is 0.851. The molecule has 4 aromatic rings. The molecule has 0 amide bonds. The lowest BCUT2D eigenvalue weighted by Crippen LogP contribution is -2.43. The van der Waals surface area contributed by atoms with E-state index in [-0.39, 0.29) is 18.0 Å². The zero-order valence-corrected chi connectivity index (χ0v) is 22.0. The van der Waals surface area contributed by atoms with E-state index in [4.69, 9.17) is 18.9 Å². The Hall–Kier alpha value is -3.53. The number of aromatic nitrogens is 1. The van der Waals surface area contributed by atoms with Gasteiger partial charge in [-0.3, -0.25) is 0 Å². The summed E-state index contributed by atoms with van der Waals surface area (Å²) in [5.41, 5.74) is 3.58. The van der Waals surface area contributed by atoms with Crippen LogP contribution < -0.4 is 14.2 Å². The van der Waals surface area contributed by atoms with Crippen LogP contribution >= 0.6 is 0 Å². The number of rotatable bonds is 7. The molecular weight excluding hydrogens is 492 g/mol. The van der Waals surface area contributed by atoms with Gasteiger partial charge < -0.3 is 23.9 Å². The molecule has 0 bridgehead atoms. The molecule has 8 nitrogen and oxygen atoms in total. The molecule has 1 aliphatic heterocycles. The maximum absolute atomic E-state index is 13.8. The van der Waals surface area contributed by atoms with Crippen LogP contribution in [0.25, 0.3) is 10.9 Å². The van der Waals surface area contributed by atoms with Gasteiger partial charge in [0.2, 0.25) is 15.8 Å². The van der Waals surface area contributed by atoms with Gasteiger partial charge in [-0.1, -0.05) is 35.9 Å². The first-order chi connectivity index (χ1) is 17.8. The van der Waals surface area contributed by atoms with Gasteiger partial charge in [-0.05, 0) is 42.8 Å². The molecular formula is C28H30N2O6S. The number of nitrogens with one attached hydrogen (secondary N) is 1. The molecule has 0 radical (unpaired) electrons. The molecule has 1 aromatic heterocycles. The summed E-state index contributed by atoms with van der Waals surface area (Å²) in [5, 5.41) is 0.991. The highest BCUT2D eigenvalue weighted by atomic mass is 32.2. The maximum Gasteiger partial charge on any atom is 0.243 e. The number of aromatic amines is 1. The first-order valence-corrected chi connectivity index (χ1v) is 13.4. The van der Waals surface area contributed by atoms with Crippen molar-refractivity contribution in [2.24, 2.45) is 0 Å². The number of H-pyrrole nitrogens is 1. The van der Waals surface area contributed by atoms with E-state index >= 15 is 0 Å². The maximum atomic E-state index is 13.8. The largest absolute Gasteiger partial charge is 0.493 e. The molecule has 0 spiro atoms. The minimum absolute atomic E-state index is 0.133. The number of methoxy groups -OCH3 is 3. The molecule has 3 aromatic carbocycles. The molecule has 0 saturated carbocycles. The highest BCUT2D eigenvalue weighted by molar-refractivity contribution is 7.89. The van der Waals surface area contributed by atoms with Crippen LogP contribution in [0.4, 0.5) is 0 Å². The van der Waals surface area contributed by atoms with Crippen LogP contribution in [0, 0.1) is 6.92 Å². The number of fused-ring (bicyclic) bond motifs is 1. The van der Waals surface area contributed by atoms with Gasteiger partial charge >= 0.3 is 0 Å². The molecule has 1 N–H and O–H groups in total. The van der Waals surface area contributed by atoms with Crippen LogP contribution in [0.5, 0.6) is 17.2 Å². The number of hydrogen-bond donors (Lipinski definition) is 1. The molecule has 194 valence electrons. The summed E-state index contributed by atoms with van der Waals surface area (Å²) in [4.78, 5) is 3.53. The second-order valence-electron chi connectivity index (χ2n) is 9.00. The smallest absolute Gasteiger partial charge is 0.243 e. The molecule has 1 fully saturated rings. The van der Waals surface area contributed by atoms with Gasteiger partial charge in [-0.2, -0.15) is 4.31 Å². The third-order valence-corrected chi connectivity index (χ3v) is 8.60. The van der Waals surface area contributed by atoms with Gasteiger partial charge in [0.15, 0.2) is 11.5 Å². The molecule has 1 saturated heterocycles. The molecule has 2 heterocycles. The highest BCUT2D eigenvalue weighted by Gasteiger charge is 2.38. The first-order valence-electron chi connectivity index (χ1n) is 11.9. The van der Waals surface area contributed by atoms with Gasteiger partial charge in [-0.25, -0.2) is 8.42 Å². The van der Waals surface area contributed by atoms with Crippen molar-refractivity contribution in [2.45, 2.75) is 24.0 Å². The average Bonchev–Trinajstić information content (AvgIpc) is 3.36. The minimum Gasteiger partial charge on any atom is -0.493 e. The monoisotopic (exact) mass is 522 g/mol. The average molecular weight is 523 g/mol. The Labute approximate surface area is 216 Å². The predicted octanol–water partition coefficient (Wildman–Crippen LogP) is 5.01. The lowest BCUT2D eigenvalue weighted by molar-refractivity contribution is -0.0666. The standard InChI is InChI=1S/C28H30N2O6S/c1-18-9-11-20(12-10-18)37(31,32)30-16-26(19-13-24(33-2)28(35-4)25(14-19)34-3)36-27(17-30)22-15-29-23-8-6-5-7-21(22)23/h5-15,26-27,29H,16-17H2,1-4H3/t26-,27+/m1/s1. The molecule has 5 rings (SSSR count). The van der Waals surface area contributed by atoms with Crippen LogP contribution in [-0.4, -0.2) is 52.1 Å². The highest BCUT2D eigenvalue weighted by Crippen LogP contribution is 2.43. The van der Waals surface area contributed by atoms with Crippen molar-refractivity contribution in [1.29, 1.82) is 0 Å². The van der Waals surface area contributed by atoms with Crippen molar-refractivity contribution < 1.29 is 27.4 Å². The minimum atomic E-state index is -3.79. The van der Waals surface area contributed by atoms with Crippen molar-refractivity contribution in [2.75, 3.05) is 34.4 Å². The van der Waals surface area contributed by atoms with Crippen LogP contribution in [0.3, 0.4) is 0 Å². The Morgan fingerprint density at radius 1 is 0.892 bits per heavy atom. The molecule has 1 aliphatic rings. The molecule has 9 heteroatoms. The van der Waals surface area contributed by atoms with Crippen molar-refractivity contribution in [3.05, 3.63) is 83.6 Å². The summed E-state index contributed by atoms with van der Waals surface area (Å²) in [6.07, 6.45) is 0.805. The Bertz CT molecular complexity index is 1490. The topological polar surface area (TPSA) is 90.1 Å². The fourth-order valence-corrected chi connectivity index (χ4v) is 6.23. The predicted molar refractivity (Wildman–Crippen MR) is 141 cm³/mol. The SMILES string of the molecule is COc1cc([C@H]2CN(S(=O)(=O)c3ccc(C)cc3)C[C@@H](c3c[nH]c4ccccc34)O2)cc(OC)c1OC. The summed E-state index contributed by atoms with van der Waals surface area (Å²) in [6, 6.07) is 18.4. The molecule has 2 atom stereocenters. The normalized spacial score (nSPS) is 18.6. The fourth-order valence-electron chi connectivity index (χ4n) is 4.79. The fraction of sp³-hybridized carbons (Fsp3) is 0.286. The number of nitrogens with zero attached hydrogens (tertiary/aromatic N) is 1. The van der Waals surface area contributed by atoms with E-state index in [9.17, 15) is 8.42 Å². The van der Waals surface area contributed by atoms with Crippen LogP contribution in [0.2, 0.25) is 0 Å². The van der Waals surface area contributed by atoms with Crippen molar-refractivity contribution >= 4 is 20.9 Å². The Morgan fingerprint density at radius 3 is 2.19 bits per heavy atom. The number of hydrogen-bond acceptors (Lipinski definition) is 6. The number of benzene rings is 3. The zero-order valence-electron chi connectivity index (χ0n) is 21.2. The quantitative estimate of drug-likeness (QED) is 0.367. The summed E-state index contributed by atoms with van der Waals surface area (Å²) < 4.78 is 52.2. The molecule has 0 unspecified atom stereocenters. The summed E-state index contributed by atoms with van der Waals surface area (Å²) in [6.45, 7) is 2.24. The van der Waals surface area contributed by atoms with E-state index in [1.807, 2.05) is 37.4 Å². The Balaban J connectivity index is 1.60. The van der Waals surface area contributed by atoms with Crippen LogP contribution in [-0.2, 0) is 14.8 Å². The zero-order chi connectivity index (χ0) is 26.2. The lowest BCUT2D eigenvalue weighted by Gasteiger charge is -2.38. The van der Waals surface area contributed by atoms with Gasteiger partial charge in [0.25, 0.3) is 0 Å². The van der Waals surface area contributed by atoms with Gasteiger partial charge in [0, 0.05) is 35.8 Å². The van der Waals surface area contributed by atoms with Gasteiger partial charge in [0.1, 0.15) is 0 Å². The Morgan fingerprint density at radius 2 is 1.54 bits per heavy atom. The van der Waals surface area contributed by atoms with E-state index in [2.05, 4.69) is 4.98 Å². The summed E-state index contributed by atoms with van der Waals surface area (Å²) in [5.74, 6) is 1.41. The number of aryl methyl sites for hydroxylation is 1. The van der Waals surface area contributed by atoms with Crippen molar-refractivity contribution in [3.8, 4) is 17.2 Å². The van der Waals surface area contributed by atoms with E-state index in [0.29, 0.717) is 17.2 Å². The van der Waals surface area contributed by atoms with Crippen molar-refractivity contribution in [1.82, 2.24) is 9.29 Å². The Kier molecular flexibility index (Phi) is 6.85. The number of morpholine rings is 1. The second-order valence-corrected chi connectivity index (χ2v) is 10.9. The first kappa shape index (κ1) is 25.1. The van der Waals surface area contributed by atoms with Gasteiger partial charge in [-0.15, -0.1) is 0 Å². The van der Waals surface area contributed by atoms with Crippen LogP contribution in [0.1, 0.15) is 28.9 Å². The number of sulfonamides is 1. The van der Waals surface area contributed by atoms with E-state index < -0.39 is 22.2 Å².